The van der Waals surface area contributed by atoms with Crippen molar-refractivity contribution in [1.82, 2.24) is 10.3 Å². The molecule has 1 aromatic heterocycles. The van der Waals surface area contributed by atoms with Crippen LogP contribution in [0.3, 0.4) is 0 Å². The molecule has 2 atom stereocenters. The molecule has 108 valence electrons. The fourth-order valence-electron chi connectivity index (χ4n) is 2.47. The van der Waals surface area contributed by atoms with Gasteiger partial charge in [0.2, 0.25) is 0 Å². The van der Waals surface area contributed by atoms with Gasteiger partial charge in [-0.05, 0) is 38.3 Å². The number of carboxylic acids is 1. The minimum Gasteiger partial charge on any atom is -0.481 e. The van der Waals surface area contributed by atoms with E-state index in [2.05, 4.69) is 15.6 Å². The summed E-state index contributed by atoms with van der Waals surface area (Å²) >= 11 is 0. The quantitative estimate of drug-likeness (QED) is 0.758. The number of pyridine rings is 1. The normalized spacial score (nSPS) is 21.4. The third-order valence-electron chi connectivity index (χ3n) is 3.48. The van der Waals surface area contributed by atoms with Crippen molar-refractivity contribution in [1.29, 1.82) is 0 Å². The van der Waals surface area contributed by atoms with Crippen molar-refractivity contribution in [2.75, 3.05) is 11.9 Å². The number of nitrogens with one attached hydrogen (secondary N) is 2. The number of carboxylic acid groups (broad SMARTS) is 1. The van der Waals surface area contributed by atoms with Crippen molar-refractivity contribution in [2.24, 2.45) is 5.92 Å². The van der Waals surface area contributed by atoms with Gasteiger partial charge in [0.25, 0.3) is 5.91 Å². The van der Waals surface area contributed by atoms with Gasteiger partial charge in [0.05, 0.1) is 5.92 Å². The second-order valence-corrected chi connectivity index (χ2v) is 4.98. The topological polar surface area (TPSA) is 91.3 Å². The van der Waals surface area contributed by atoms with Crippen molar-refractivity contribution in [3.8, 4) is 0 Å². The highest BCUT2D eigenvalue weighted by Crippen LogP contribution is 2.28. The summed E-state index contributed by atoms with van der Waals surface area (Å²) in [6.07, 6.45) is 3.72. The van der Waals surface area contributed by atoms with Gasteiger partial charge < -0.3 is 15.7 Å². The molecule has 6 nitrogen and oxygen atoms in total. The smallest absolute Gasteiger partial charge is 0.306 e. The maximum atomic E-state index is 11.7. The van der Waals surface area contributed by atoms with E-state index in [4.69, 9.17) is 5.11 Å². The van der Waals surface area contributed by atoms with Gasteiger partial charge in [-0.25, -0.2) is 0 Å². The van der Waals surface area contributed by atoms with Crippen LogP contribution in [-0.4, -0.2) is 34.6 Å². The van der Waals surface area contributed by atoms with E-state index in [1.165, 1.54) is 0 Å². The highest BCUT2D eigenvalue weighted by atomic mass is 16.4. The summed E-state index contributed by atoms with van der Waals surface area (Å²) in [5.74, 6) is -1.20. The number of amides is 1. The van der Waals surface area contributed by atoms with Gasteiger partial charge in [-0.3, -0.25) is 14.6 Å². The van der Waals surface area contributed by atoms with E-state index in [9.17, 15) is 9.59 Å². The number of carbonyl (C=O) groups excluding carboxylic acids is 1. The average Bonchev–Trinajstić information content (AvgIpc) is 2.88. The molecule has 2 rings (SSSR count). The minimum atomic E-state index is -0.730. The van der Waals surface area contributed by atoms with E-state index < -0.39 is 5.97 Å². The molecule has 1 amide bonds. The Morgan fingerprint density at radius 3 is 2.90 bits per heavy atom. The van der Waals surface area contributed by atoms with Gasteiger partial charge in [-0.15, -0.1) is 0 Å². The van der Waals surface area contributed by atoms with Crippen molar-refractivity contribution < 1.29 is 14.7 Å². The lowest BCUT2D eigenvalue weighted by molar-refractivity contribution is -0.141. The van der Waals surface area contributed by atoms with Crippen LogP contribution in [0.5, 0.6) is 0 Å². The van der Waals surface area contributed by atoms with Crippen LogP contribution in [0.25, 0.3) is 0 Å². The number of carbonyl (C=O) groups is 2. The number of rotatable bonds is 5. The van der Waals surface area contributed by atoms with E-state index in [0.717, 1.165) is 12.1 Å². The Morgan fingerprint density at radius 1 is 1.45 bits per heavy atom. The molecule has 0 saturated heterocycles. The molecule has 0 aliphatic heterocycles. The summed E-state index contributed by atoms with van der Waals surface area (Å²) in [7, 11) is 0. The van der Waals surface area contributed by atoms with Crippen LogP contribution >= 0.6 is 0 Å². The molecule has 1 saturated carbocycles. The third-order valence-corrected chi connectivity index (χ3v) is 3.48. The summed E-state index contributed by atoms with van der Waals surface area (Å²) in [4.78, 5) is 26.7. The molecule has 3 N–H and O–H groups in total. The third kappa shape index (κ3) is 3.46. The van der Waals surface area contributed by atoms with Crippen molar-refractivity contribution in [3.05, 3.63) is 24.0 Å². The standard InChI is InChI=1S/C14H19N3O3/c1-2-15-13(18)12-8-11(5-6-16-12)17-10-4-3-9(7-10)14(19)20/h5-6,8-10H,2-4,7H2,1H3,(H,15,18)(H,16,17)(H,19,20)/t9-,10+/m1/s1. The van der Waals surface area contributed by atoms with Gasteiger partial charge >= 0.3 is 5.97 Å². The fraction of sp³-hybridized carbons (Fsp3) is 0.500. The summed E-state index contributed by atoms with van der Waals surface area (Å²) in [6, 6.07) is 3.62. The lowest BCUT2D eigenvalue weighted by Gasteiger charge is -2.14. The first-order chi connectivity index (χ1) is 9.60. The first-order valence-corrected chi connectivity index (χ1v) is 6.83. The van der Waals surface area contributed by atoms with Crippen molar-refractivity contribution in [2.45, 2.75) is 32.2 Å². The van der Waals surface area contributed by atoms with Crippen LogP contribution in [-0.2, 0) is 4.79 Å². The van der Waals surface area contributed by atoms with Crippen LogP contribution in [0, 0.1) is 5.92 Å². The second kappa shape index (κ2) is 6.36. The molecule has 0 bridgehead atoms. The molecule has 20 heavy (non-hydrogen) atoms. The number of aliphatic carboxylic acids is 1. The molecule has 1 aliphatic carbocycles. The lowest BCUT2D eigenvalue weighted by atomic mass is 10.1. The van der Waals surface area contributed by atoms with Crippen LogP contribution in [0.1, 0.15) is 36.7 Å². The van der Waals surface area contributed by atoms with E-state index in [0.29, 0.717) is 25.1 Å². The number of nitrogens with zero attached hydrogens (tertiary/aromatic N) is 1. The Kier molecular flexibility index (Phi) is 4.55. The summed E-state index contributed by atoms with van der Waals surface area (Å²) in [5.41, 5.74) is 1.17. The summed E-state index contributed by atoms with van der Waals surface area (Å²) in [6.45, 7) is 2.41. The van der Waals surface area contributed by atoms with Crippen LogP contribution in [0.4, 0.5) is 5.69 Å². The van der Waals surface area contributed by atoms with Crippen molar-refractivity contribution >= 4 is 17.6 Å². The SMILES string of the molecule is CCNC(=O)c1cc(N[C@H]2CC[C@@H](C(=O)O)C2)ccn1. The first-order valence-electron chi connectivity index (χ1n) is 6.83. The number of hydrogen-bond donors (Lipinski definition) is 3. The van der Waals surface area contributed by atoms with E-state index in [-0.39, 0.29) is 17.9 Å². The van der Waals surface area contributed by atoms with Crippen LogP contribution in [0.15, 0.2) is 18.3 Å². The minimum absolute atomic E-state index is 0.139. The molecule has 1 aromatic rings. The largest absolute Gasteiger partial charge is 0.481 e. The Morgan fingerprint density at radius 2 is 2.25 bits per heavy atom. The zero-order chi connectivity index (χ0) is 14.5. The Balaban J connectivity index is 1.98. The number of hydrogen-bond acceptors (Lipinski definition) is 4. The molecule has 0 radical (unpaired) electrons. The molecule has 1 aliphatic rings. The van der Waals surface area contributed by atoms with Gasteiger partial charge in [0.1, 0.15) is 5.69 Å². The molecular weight excluding hydrogens is 258 g/mol. The number of anilines is 1. The Labute approximate surface area is 117 Å². The predicted molar refractivity (Wildman–Crippen MR) is 74.6 cm³/mol. The van der Waals surface area contributed by atoms with E-state index in [1.807, 2.05) is 6.92 Å². The van der Waals surface area contributed by atoms with Gasteiger partial charge in [-0.1, -0.05) is 0 Å². The molecule has 6 heteroatoms. The van der Waals surface area contributed by atoms with Crippen LogP contribution in [0.2, 0.25) is 0 Å². The van der Waals surface area contributed by atoms with Crippen molar-refractivity contribution in [3.63, 3.8) is 0 Å². The highest BCUT2D eigenvalue weighted by molar-refractivity contribution is 5.93. The summed E-state index contributed by atoms with van der Waals surface area (Å²) in [5, 5.41) is 15.0. The maximum Gasteiger partial charge on any atom is 0.306 e. The maximum absolute atomic E-state index is 11.7. The van der Waals surface area contributed by atoms with Gasteiger partial charge in [-0.2, -0.15) is 0 Å². The van der Waals surface area contributed by atoms with Crippen LogP contribution < -0.4 is 10.6 Å². The zero-order valence-electron chi connectivity index (χ0n) is 11.4. The molecule has 1 fully saturated rings. The van der Waals surface area contributed by atoms with E-state index in [1.54, 1.807) is 18.3 Å². The molecule has 0 unspecified atom stereocenters. The zero-order valence-corrected chi connectivity index (χ0v) is 11.4. The summed E-state index contributed by atoms with van der Waals surface area (Å²) < 4.78 is 0. The molecule has 0 spiro atoms. The van der Waals surface area contributed by atoms with Gasteiger partial charge in [0, 0.05) is 24.5 Å². The fourth-order valence-corrected chi connectivity index (χ4v) is 2.47. The monoisotopic (exact) mass is 277 g/mol. The molecular formula is C14H19N3O3. The van der Waals surface area contributed by atoms with Gasteiger partial charge in [0.15, 0.2) is 0 Å². The predicted octanol–water partition coefficient (Wildman–Crippen LogP) is 1.50. The first kappa shape index (κ1) is 14.3. The second-order valence-electron chi connectivity index (χ2n) is 4.98. The Bertz CT molecular complexity index is 504. The average molecular weight is 277 g/mol. The molecule has 0 aromatic carbocycles. The number of aromatic nitrogens is 1. The Hall–Kier alpha value is -2.11. The molecule has 1 heterocycles. The highest BCUT2D eigenvalue weighted by Gasteiger charge is 2.29. The van der Waals surface area contributed by atoms with E-state index >= 15 is 0 Å². The lowest BCUT2D eigenvalue weighted by Crippen LogP contribution is -2.24.